The monoisotopic (exact) mass is 441 g/mol. The van der Waals surface area contributed by atoms with Gasteiger partial charge in [0.1, 0.15) is 29.1 Å². The molecule has 0 radical (unpaired) electrons. The molecule has 0 saturated heterocycles. The van der Waals surface area contributed by atoms with Crippen LogP contribution in [0.15, 0.2) is 65.0 Å². The number of halogens is 1. The van der Waals surface area contributed by atoms with Crippen LogP contribution in [0, 0.1) is 15.9 Å². The van der Waals surface area contributed by atoms with Gasteiger partial charge in [0.05, 0.1) is 29.2 Å². The van der Waals surface area contributed by atoms with E-state index in [1.807, 2.05) is 0 Å². The topological polar surface area (TPSA) is 107 Å². The quantitative estimate of drug-likeness (QED) is 0.347. The first-order valence-electron chi connectivity index (χ1n) is 9.20. The maximum atomic E-state index is 13.2. The van der Waals surface area contributed by atoms with E-state index in [1.165, 1.54) is 52.6 Å². The summed E-state index contributed by atoms with van der Waals surface area (Å²) in [6.45, 7) is -0.241. The standard InChI is InChI=1S/C21H16FN3O5S/c22-14-6-4-13(5-7-14)18-11-31-20-19(18)21(27)24(12-23-20)9-16(26)10-30-17-3-1-2-15(8-17)25(28)29/h1-8,11-12,16,26H,9-10H2/t16-/m1/s1. The highest BCUT2D eigenvalue weighted by Gasteiger charge is 2.16. The van der Waals surface area contributed by atoms with E-state index in [4.69, 9.17) is 4.74 Å². The molecule has 1 N–H and O–H groups in total. The van der Waals surface area contributed by atoms with Gasteiger partial charge in [0.15, 0.2) is 0 Å². The van der Waals surface area contributed by atoms with E-state index in [-0.39, 0.29) is 36.0 Å². The van der Waals surface area contributed by atoms with Crippen LogP contribution in [0.25, 0.3) is 21.3 Å². The van der Waals surface area contributed by atoms with Gasteiger partial charge in [0.25, 0.3) is 11.2 Å². The zero-order valence-corrected chi connectivity index (χ0v) is 16.8. The van der Waals surface area contributed by atoms with Crippen molar-refractivity contribution in [2.45, 2.75) is 12.6 Å². The van der Waals surface area contributed by atoms with Crippen molar-refractivity contribution in [3.8, 4) is 16.9 Å². The molecule has 10 heteroatoms. The highest BCUT2D eigenvalue weighted by atomic mass is 32.1. The molecule has 158 valence electrons. The number of nitro benzene ring substituents is 1. The van der Waals surface area contributed by atoms with E-state index in [9.17, 15) is 24.4 Å². The number of fused-ring (bicyclic) bond motifs is 1. The van der Waals surface area contributed by atoms with Crippen molar-refractivity contribution in [1.29, 1.82) is 0 Å². The predicted octanol–water partition coefficient (Wildman–Crippen LogP) is 3.61. The molecule has 4 aromatic rings. The fourth-order valence-corrected chi connectivity index (χ4v) is 4.01. The molecule has 0 fully saturated rings. The smallest absolute Gasteiger partial charge is 0.273 e. The van der Waals surface area contributed by atoms with Gasteiger partial charge in [-0.3, -0.25) is 19.5 Å². The normalized spacial score (nSPS) is 12.1. The molecule has 31 heavy (non-hydrogen) atoms. The molecule has 0 aliphatic rings. The van der Waals surface area contributed by atoms with Crippen LogP contribution in [0.4, 0.5) is 10.1 Å². The first-order chi connectivity index (χ1) is 14.9. The fraction of sp³-hybridized carbons (Fsp3) is 0.143. The third-order valence-corrected chi connectivity index (χ3v) is 5.48. The molecule has 2 aromatic heterocycles. The zero-order chi connectivity index (χ0) is 22.0. The van der Waals surface area contributed by atoms with E-state index in [0.717, 1.165) is 0 Å². The fourth-order valence-electron chi connectivity index (χ4n) is 3.10. The lowest BCUT2D eigenvalue weighted by Crippen LogP contribution is -2.30. The number of ether oxygens (including phenoxy) is 1. The molecule has 0 spiro atoms. The molecular formula is C21H16FN3O5S. The number of nitro groups is 1. The van der Waals surface area contributed by atoms with E-state index in [0.29, 0.717) is 21.3 Å². The second-order valence-corrected chi connectivity index (χ2v) is 7.62. The van der Waals surface area contributed by atoms with Gasteiger partial charge in [0, 0.05) is 17.0 Å². The van der Waals surface area contributed by atoms with E-state index in [1.54, 1.807) is 23.6 Å². The maximum Gasteiger partial charge on any atom is 0.273 e. The van der Waals surface area contributed by atoms with Crippen molar-refractivity contribution in [2.24, 2.45) is 0 Å². The molecule has 0 saturated carbocycles. The van der Waals surface area contributed by atoms with Crippen molar-refractivity contribution in [1.82, 2.24) is 9.55 Å². The highest BCUT2D eigenvalue weighted by Crippen LogP contribution is 2.30. The lowest BCUT2D eigenvalue weighted by molar-refractivity contribution is -0.384. The summed E-state index contributed by atoms with van der Waals surface area (Å²) >= 11 is 1.31. The van der Waals surface area contributed by atoms with Crippen molar-refractivity contribution < 1.29 is 19.2 Å². The van der Waals surface area contributed by atoms with E-state index in [2.05, 4.69) is 4.98 Å². The molecule has 1 atom stereocenters. The molecule has 4 rings (SSSR count). The summed E-state index contributed by atoms with van der Waals surface area (Å²) in [6.07, 6.45) is 0.302. The molecule has 8 nitrogen and oxygen atoms in total. The number of aromatic nitrogens is 2. The highest BCUT2D eigenvalue weighted by molar-refractivity contribution is 7.17. The second-order valence-electron chi connectivity index (χ2n) is 6.76. The van der Waals surface area contributed by atoms with Gasteiger partial charge in [-0.05, 0) is 23.8 Å². The van der Waals surface area contributed by atoms with Gasteiger partial charge in [-0.15, -0.1) is 11.3 Å². The number of nitrogens with zero attached hydrogens (tertiary/aromatic N) is 3. The van der Waals surface area contributed by atoms with Crippen molar-refractivity contribution in [3.05, 3.63) is 86.5 Å². The first-order valence-corrected chi connectivity index (χ1v) is 10.1. The molecule has 0 aliphatic carbocycles. The van der Waals surface area contributed by atoms with Gasteiger partial charge in [0.2, 0.25) is 0 Å². The number of aliphatic hydroxyl groups excluding tert-OH is 1. The van der Waals surface area contributed by atoms with Gasteiger partial charge in [-0.25, -0.2) is 9.37 Å². The van der Waals surface area contributed by atoms with Gasteiger partial charge in [-0.1, -0.05) is 18.2 Å². The third-order valence-electron chi connectivity index (χ3n) is 4.59. The summed E-state index contributed by atoms with van der Waals surface area (Å²) in [5.74, 6) is -0.128. The minimum atomic E-state index is -1.05. The Morgan fingerprint density at radius 3 is 2.77 bits per heavy atom. The number of hydrogen-bond donors (Lipinski definition) is 1. The van der Waals surface area contributed by atoms with Crippen LogP contribution in [-0.4, -0.2) is 32.3 Å². The number of benzene rings is 2. The van der Waals surface area contributed by atoms with Crippen molar-refractivity contribution in [3.63, 3.8) is 0 Å². The first kappa shape index (κ1) is 20.6. The van der Waals surface area contributed by atoms with Crippen LogP contribution in [-0.2, 0) is 6.54 Å². The molecule has 0 amide bonds. The van der Waals surface area contributed by atoms with E-state index >= 15 is 0 Å². The summed E-state index contributed by atoms with van der Waals surface area (Å²) in [5.41, 5.74) is 0.886. The Labute approximate surface area is 178 Å². The zero-order valence-electron chi connectivity index (χ0n) is 16.0. The van der Waals surface area contributed by atoms with Crippen LogP contribution < -0.4 is 10.3 Å². The Kier molecular flexibility index (Phi) is 5.74. The largest absolute Gasteiger partial charge is 0.491 e. The SMILES string of the molecule is O=c1c2c(-c3ccc(F)cc3)csc2ncn1C[C@@H](O)COc1cccc([N+](=O)[O-])c1. The van der Waals surface area contributed by atoms with Crippen LogP contribution in [0.3, 0.4) is 0 Å². The Hall–Kier alpha value is -3.63. The molecule has 2 heterocycles. The average molecular weight is 441 g/mol. The minimum Gasteiger partial charge on any atom is -0.491 e. The summed E-state index contributed by atoms with van der Waals surface area (Å²) in [4.78, 5) is 28.1. The summed E-state index contributed by atoms with van der Waals surface area (Å²) in [5, 5.41) is 23.3. The predicted molar refractivity (Wildman–Crippen MR) is 114 cm³/mol. The lowest BCUT2D eigenvalue weighted by atomic mass is 10.1. The number of non-ortho nitro benzene ring substituents is 1. The molecule has 0 unspecified atom stereocenters. The van der Waals surface area contributed by atoms with Crippen LogP contribution in [0.1, 0.15) is 0 Å². The number of rotatable bonds is 7. The molecular weight excluding hydrogens is 425 g/mol. The molecule has 0 bridgehead atoms. The van der Waals surface area contributed by atoms with Crippen LogP contribution in [0.5, 0.6) is 5.75 Å². The van der Waals surface area contributed by atoms with Gasteiger partial charge in [-0.2, -0.15) is 0 Å². The lowest BCUT2D eigenvalue weighted by Gasteiger charge is -2.14. The molecule has 0 aliphatic heterocycles. The van der Waals surface area contributed by atoms with Gasteiger partial charge < -0.3 is 9.84 Å². The second kappa shape index (κ2) is 8.62. The van der Waals surface area contributed by atoms with Crippen LogP contribution >= 0.6 is 11.3 Å². The summed E-state index contributed by atoms with van der Waals surface area (Å²) < 4.78 is 19.9. The third kappa shape index (κ3) is 4.44. The Morgan fingerprint density at radius 1 is 1.26 bits per heavy atom. The summed E-state index contributed by atoms with van der Waals surface area (Å²) in [6, 6.07) is 11.4. The Bertz CT molecular complexity index is 1300. The van der Waals surface area contributed by atoms with E-state index < -0.39 is 11.0 Å². The molecule has 2 aromatic carbocycles. The number of aliphatic hydroxyl groups is 1. The number of thiophene rings is 1. The number of hydrogen-bond acceptors (Lipinski definition) is 7. The van der Waals surface area contributed by atoms with Gasteiger partial charge >= 0.3 is 0 Å². The van der Waals surface area contributed by atoms with Crippen LogP contribution in [0.2, 0.25) is 0 Å². The van der Waals surface area contributed by atoms with Crippen molar-refractivity contribution >= 4 is 27.2 Å². The Balaban J connectivity index is 1.53. The maximum absolute atomic E-state index is 13.2. The van der Waals surface area contributed by atoms with Crippen molar-refractivity contribution in [2.75, 3.05) is 6.61 Å². The summed E-state index contributed by atoms with van der Waals surface area (Å²) in [7, 11) is 0. The minimum absolute atomic E-state index is 0.0740. The Morgan fingerprint density at radius 2 is 2.03 bits per heavy atom. The average Bonchev–Trinajstić information content (AvgIpc) is 3.20.